The molecular formula is C37H44N4O7. The van der Waals surface area contributed by atoms with Gasteiger partial charge in [0, 0.05) is 50.8 Å². The fourth-order valence-corrected chi connectivity index (χ4v) is 6.89. The van der Waals surface area contributed by atoms with E-state index in [0.717, 1.165) is 53.9 Å². The molecule has 2 amide bonds. The molecule has 11 heteroatoms. The van der Waals surface area contributed by atoms with E-state index in [0.29, 0.717) is 19.6 Å². The minimum Gasteiger partial charge on any atom is -0.453 e. The van der Waals surface area contributed by atoms with Crippen molar-refractivity contribution in [1.29, 1.82) is 0 Å². The van der Waals surface area contributed by atoms with Crippen LogP contribution in [0, 0.1) is 0 Å². The second kappa shape index (κ2) is 14.9. The molecule has 3 aliphatic heterocycles. The van der Waals surface area contributed by atoms with Gasteiger partial charge in [-0.25, -0.2) is 0 Å². The van der Waals surface area contributed by atoms with Crippen molar-refractivity contribution >= 4 is 23.5 Å². The molecule has 3 aromatic rings. The van der Waals surface area contributed by atoms with Gasteiger partial charge in [-0.05, 0) is 48.6 Å². The van der Waals surface area contributed by atoms with E-state index in [1.54, 1.807) is 0 Å². The van der Waals surface area contributed by atoms with Crippen LogP contribution >= 0.6 is 0 Å². The molecule has 4 atom stereocenters. The summed E-state index contributed by atoms with van der Waals surface area (Å²) in [6, 6.07) is 25.7. The highest BCUT2D eigenvalue weighted by Gasteiger charge is 2.50. The molecule has 3 N–H and O–H groups in total. The van der Waals surface area contributed by atoms with Gasteiger partial charge in [0.15, 0.2) is 12.4 Å². The topological polar surface area (TPSA) is 130 Å². The van der Waals surface area contributed by atoms with Crippen LogP contribution in [0.15, 0.2) is 78.9 Å². The summed E-state index contributed by atoms with van der Waals surface area (Å²) in [5, 5.41) is 15.4. The predicted molar refractivity (Wildman–Crippen MR) is 178 cm³/mol. The van der Waals surface area contributed by atoms with Gasteiger partial charge in [-0.3, -0.25) is 14.4 Å². The standard InChI is InChI=1S/C37H44N4O7/c1-25(46-26(2)43)34(44)38-21-27-8-14-30(15-9-27)35-47-32(20-33(48-35)29-12-10-28(23-42)11-13-29)22-40-18-16-37(17-19-40)36(45)39-24-41(37)31-6-4-3-5-7-31/h3-15,25,32-33,35,42H,16-24H2,1-2H3,(H,38,44)(H,39,45)/t25-,32-,33+,35+/m0/s1. The van der Waals surface area contributed by atoms with Crippen LogP contribution in [0.3, 0.4) is 0 Å². The summed E-state index contributed by atoms with van der Waals surface area (Å²) in [6.45, 7) is 5.84. The quantitative estimate of drug-likeness (QED) is 0.280. The molecule has 0 bridgehead atoms. The SMILES string of the molecule is CC(=O)O[C@@H](C)C(=O)NCc1ccc([C@@H]2O[C@H](CN3CCC4(CC3)C(=O)NCN4c3ccccc3)C[C@H](c3ccc(CO)cc3)O2)cc1. The Labute approximate surface area is 281 Å². The highest BCUT2D eigenvalue weighted by Crippen LogP contribution is 2.40. The number of rotatable bonds is 10. The van der Waals surface area contributed by atoms with E-state index in [-0.39, 0.29) is 37.2 Å². The molecule has 0 radical (unpaired) electrons. The molecule has 0 aromatic heterocycles. The zero-order valence-corrected chi connectivity index (χ0v) is 27.5. The van der Waals surface area contributed by atoms with E-state index in [1.165, 1.54) is 13.8 Å². The molecule has 0 aliphatic carbocycles. The summed E-state index contributed by atoms with van der Waals surface area (Å²) in [6.07, 6.45) is 0.309. The third-order valence-corrected chi connectivity index (χ3v) is 9.60. The van der Waals surface area contributed by atoms with E-state index in [1.807, 2.05) is 66.7 Å². The van der Waals surface area contributed by atoms with Gasteiger partial charge in [-0.2, -0.15) is 0 Å². The van der Waals surface area contributed by atoms with Crippen LogP contribution in [0.4, 0.5) is 5.69 Å². The van der Waals surface area contributed by atoms with Crippen LogP contribution in [0.25, 0.3) is 0 Å². The van der Waals surface area contributed by atoms with Gasteiger partial charge < -0.3 is 39.8 Å². The molecular weight excluding hydrogens is 612 g/mol. The molecule has 254 valence electrons. The first-order valence-electron chi connectivity index (χ1n) is 16.6. The highest BCUT2D eigenvalue weighted by molar-refractivity contribution is 5.93. The van der Waals surface area contributed by atoms with Gasteiger partial charge in [-0.1, -0.05) is 66.7 Å². The van der Waals surface area contributed by atoms with Gasteiger partial charge in [0.1, 0.15) is 5.54 Å². The van der Waals surface area contributed by atoms with Crippen molar-refractivity contribution in [3.63, 3.8) is 0 Å². The predicted octanol–water partition coefficient (Wildman–Crippen LogP) is 3.72. The Morgan fingerprint density at radius 2 is 1.65 bits per heavy atom. The number of esters is 1. The van der Waals surface area contributed by atoms with Gasteiger partial charge in [-0.15, -0.1) is 0 Å². The Hall–Kier alpha value is -4.29. The van der Waals surface area contributed by atoms with Crippen molar-refractivity contribution in [1.82, 2.24) is 15.5 Å². The minimum absolute atomic E-state index is 0.0220. The van der Waals surface area contributed by atoms with Crippen molar-refractivity contribution < 1.29 is 33.7 Å². The minimum atomic E-state index is -0.866. The summed E-state index contributed by atoms with van der Waals surface area (Å²) < 4.78 is 18.1. The van der Waals surface area contributed by atoms with Crippen molar-refractivity contribution in [2.75, 3.05) is 31.2 Å². The lowest BCUT2D eigenvalue weighted by Crippen LogP contribution is -2.57. The maximum absolute atomic E-state index is 13.2. The summed E-state index contributed by atoms with van der Waals surface area (Å²) in [5.74, 6) is -0.770. The van der Waals surface area contributed by atoms with Crippen molar-refractivity contribution in [2.24, 2.45) is 0 Å². The van der Waals surface area contributed by atoms with E-state index in [2.05, 4.69) is 32.6 Å². The van der Waals surface area contributed by atoms with Crippen molar-refractivity contribution in [3.05, 3.63) is 101 Å². The van der Waals surface area contributed by atoms with Crippen LogP contribution in [0.1, 0.15) is 67.8 Å². The fraction of sp³-hybridized carbons (Fsp3) is 0.432. The second-order valence-electron chi connectivity index (χ2n) is 12.8. The Morgan fingerprint density at radius 3 is 2.31 bits per heavy atom. The zero-order valence-electron chi connectivity index (χ0n) is 27.5. The van der Waals surface area contributed by atoms with Crippen LogP contribution in [0.2, 0.25) is 0 Å². The molecule has 48 heavy (non-hydrogen) atoms. The first-order chi connectivity index (χ1) is 23.2. The van der Waals surface area contributed by atoms with Crippen LogP contribution < -0.4 is 15.5 Å². The van der Waals surface area contributed by atoms with Gasteiger partial charge >= 0.3 is 5.97 Å². The summed E-state index contributed by atoms with van der Waals surface area (Å²) in [4.78, 5) is 41.2. The van der Waals surface area contributed by atoms with Crippen molar-refractivity contribution in [3.8, 4) is 0 Å². The number of para-hydroxylation sites is 1. The molecule has 11 nitrogen and oxygen atoms in total. The summed E-state index contributed by atoms with van der Waals surface area (Å²) in [5.41, 5.74) is 4.11. The molecule has 3 aliphatic rings. The van der Waals surface area contributed by atoms with Gasteiger partial charge in [0.2, 0.25) is 5.91 Å². The van der Waals surface area contributed by atoms with Crippen molar-refractivity contribution in [2.45, 2.75) is 76.4 Å². The maximum Gasteiger partial charge on any atom is 0.303 e. The lowest BCUT2D eigenvalue weighted by Gasteiger charge is -2.45. The third-order valence-electron chi connectivity index (χ3n) is 9.60. The number of aliphatic hydroxyl groups excluding tert-OH is 1. The normalized spacial score (nSPS) is 23.0. The number of carbonyl (C=O) groups is 3. The largest absolute Gasteiger partial charge is 0.453 e. The van der Waals surface area contributed by atoms with E-state index in [4.69, 9.17) is 14.2 Å². The number of amides is 2. The highest BCUT2D eigenvalue weighted by atomic mass is 16.7. The van der Waals surface area contributed by atoms with E-state index >= 15 is 0 Å². The average Bonchev–Trinajstić information content (AvgIpc) is 3.42. The number of carbonyl (C=O) groups excluding carboxylic acids is 3. The monoisotopic (exact) mass is 656 g/mol. The van der Waals surface area contributed by atoms with E-state index < -0.39 is 23.9 Å². The number of piperidine rings is 1. The lowest BCUT2D eigenvalue weighted by atomic mass is 9.85. The molecule has 0 saturated carbocycles. The number of hydrogen-bond acceptors (Lipinski definition) is 9. The van der Waals surface area contributed by atoms with Gasteiger partial charge in [0.25, 0.3) is 5.91 Å². The number of ether oxygens (including phenoxy) is 3. The third kappa shape index (κ3) is 7.55. The zero-order chi connectivity index (χ0) is 33.7. The number of benzene rings is 3. The summed E-state index contributed by atoms with van der Waals surface area (Å²) >= 11 is 0. The number of nitrogens with zero attached hydrogens (tertiary/aromatic N) is 2. The number of anilines is 1. The first kappa shape index (κ1) is 33.6. The number of nitrogens with one attached hydrogen (secondary N) is 2. The molecule has 1 spiro atoms. The molecule has 3 aromatic carbocycles. The summed E-state index contributed by atoms with van der Waals surface area (Å²) in [7, 11) is 0. The Kier molecular flexibility index (Phi) is 10.4. The second-order valence-corrected chi connectivity index (χ2v) is 12.8. The molecule has 6 rings (SSSR count). The Morgan fingerprint density at radius 1 is 0.979 bits per heavy atom. The molecule has 3 heterocycles. The number of hydrogen-bond donors (Lipinski definition) is 3. The Bertz CT molecular complexity index is 1560. The van der Waals surface area contributed by atoms with Crippen LogP contribution in [0.5, 0.6) is 0 Å². The maximum atomic E-state index is 13.2. The van der Waals surface area contributed by atoms with Gasteiger partial charge in [0.05, 0.1) is 25.5 Å². The van der Waals surface area contributed by atoms with Crippen LogP contribution in [-0.4, -0.2) is 71.8 Å². The Balaban J connectivity index is 1.12. The number of likely N-dealkylation sites (tertiary alicyclic amines) is 1. The fourth-order valence-electron chi connectivity index (χ4n) is 6.89. The molecule has 3 fully saturated rings. The molecule has 0 unspecified atom stereocenters. The average molecular weight is 657 g/mol. The molecule has 3 saturated heterocycles. The van der Waals surface area contributed by atoms with Crippen LogP contribution in [-0.2, 0) is 41.7 Å². The number of aliphatic hydroxyl groups is 1. The van der Waals surface area contributed by atoms with E-state index in [9.17, 15) is 19.5 Å². The first-order valence-corrected chi connectivity index (χ1v) is 16.6. The lowest BCUT2D eigenvalue weighted by molar-refractivity contribution is -0.253. The smallest absolute Gasteiger partial charge is 0.303 e.